The molecule has 4 rings (SSSR count). The van der Waals surface area contributed by atoms with Crippen LogP contribution in [-0.4, -0.2) is 31.2 Å². The molecule has 0 N–H and O–H groups in total. The molecule has 0 saturated carbocycles. The van der Waals surface area contributed by atoms with E-state index in [0.717, 1.165) is 42.5 Å². The molecule has 0 saturated heterocycles. The van der Waals surface area contributed by atoms with Crippen molar-refractivity contribution in [2.75, 3.05) is 25.1 Å². The van der Waals surface area contributed by atoms with Gasteiger partial charge in [-0.3, -0.25) is 4.98 Å². The molecule has 1 aliphatic heterocycles. The molecule has 1 aromatic heterocycles. The molecule has 4 nitrogen and oxygen atoms in total. The van der Waals surface area contributed by atoms with Gasteiger partial charge in [-0.15, -0.1) is 12.4 Å². The number of carbonyl (C=O) groups is 1. The minimum absolute atomic E-state index is 0. The van der Waals surface area contributed by atoms with Crippen LogP contribution in [-0.2, 0) is 17.6 Å². The third-order valence-corrected chi connectivity index (χ3v) is 5.14. The van der Waals surface area contributed by atoms with E-state index in [0.29, 0.717) is 5.56 Å². The Hall–Kier alpha value is -2.59. The SMILES string of the molecule is COC(=O)c1ccc2nc(C)c3c(c2c1)N(CCc1ccccc1)CC3.Cl. The van der Waals surface area contributed by atoms with E-state index in [1.807, 2.05) is 18.2 Å². The first-order valence-electron chi connectivity index (χ1n) is 8.98. The zero-order chi connectivity index (χ0) is 18.1. The van der Waals surface area contributed by atoms with Gasteiger partial charge in [-0.1, -0.05) is 30.3 Å². The summed E-state index contributed by atoms with van der Waals surface area (Å²) in [6.45, 7) is 4.03. The van der Waals surface area contributed by atoms with E-state index in [1.54, 1.807) is 6.07 Å². The molecule has 0 fully saturated rings. The van der Waals surface area contributed by atoms with Gasteiger partial charge in [0.15, 0.2) is 0 Å². The van der Waals surface area contributed by atoms with Crippen molar-refractivity contribution < 1.29 is 9.53 Å². The number of halogens is 1. The van der Waals surface area contributed by atoms with E-state index in [9.17, 15) is 4.79 Å². The molecule has 2 heterocycles. The van der Waals surface area contributed by atoms with Crippen LogP contribution in [0.4, 0.5) is 5.69 Å². The van der Waals surface area contributed by atoms with Crippen LogP contribution >= 0.6 is 12.4 Å². The second kappa shape index (κ2) is 7.97. The molecule has 0 amide bonds. The van der Waals surface area contributed by atoms with Gasteiger partial charge in [0.05, 0.1) is 23.9 Å². The Bertz CT molecular complexity index is 973. The summed E-state index contributed by atoms with van der Waals surface area (Å²) in [7, 11) is 1.41. The van der Waals surface area contributed by atoms with Gasteiger partial charge >= 0.3 is 5.97 Å². The first kappa shape index (κ1) is 19.2. The van der Waals surface area contributed by atoms with E-state index in [-0.39, 0.29) is 18.4 Å². The Kier molecular flexibility index (Phi) is 5.66. The van der Waals surface area contributed by atoms with Gasteiger partial charge in [0.25, 0.3) is 0 Å². The maximum absolute atomic E-state index is 12.0. The first-order chi connectivity index (χ1) is 12.7. The smallest absolute Gasteiger partial charge is 0.337 e. The highest BCUT2D eigenvalue weighted by Crippen LogP contribution is 2.37. The molecule has 2 aromatic carbocycles. The average molecular weight is 383 g/mol. The fourth-order valence-electron chi connectivity index (χ4n) is 3.80. The van der Waals surface area contributed by atoms with Crippen molar-refractivity contribution in [2.45, 2.75) is 19.8 Å². The zero-order valence-electron chi connectivity index (χ0n) is 15.6. The number of benzene rings is 2. The van der Waals surface area contributed by atoms with Crippen LogP contribution in [0.25, 0.3) is 10.9 Å². The summed E-state index contributed by atoms with van der Waals surface area (Å²) in [5.41, 5.74) is 6.46. The predicted octanol–water partition coefficient (Wildman–Crippen LogP) is 4.36. The minimum atomic E-state index is -0.310. The Balaban J connectivity index is 0.00000210. The molecule has 1 aliphatic rings. The van der Waals surface area contributed by atoms with E-state index in [2.05, 4.69) is 36.1 Å². The quantitative estimate of drug-likeness (QED) is 0.629. The lowest BCUT2D eigenvalue weighted by Crippen LogP contribution is -2.23. The van der Waals surface area contributed by atoms with E-state index in [4.69, 9.17) is 9.72 Å². The number of nitrogens with zero attached hydrogens (tertiary/aromatic N) is 2. The monoisotopic (exact) mass is 382 g/mol. The van der Waals surface area contributed by atoms with Crippen LogP contribution in [0.2, 0.25) is 0 Å². The number of aryl methyl sites for hydroxylation is 1. The number of pyridine rings is 1. The van der Waals surface area contributed by atoms with Gasteiger partial charge < -0.3 is 9.64 Å². The number of esters is 1. The summed E-state index contributed by atoms with van der Waals surface area (Å²) in [5, 5.41) is 1.04. The fourth-order valence-corrected chi connectivity index (χ4v) is 3.80. The number of ether oxygens (including phenoxy) is 1. The number of methoxy groups -OCH3 is 1. The van der Waals surface area contributed by atoms with Crippen LogP contribution < -0.4 is 4.90 Å². The molecule has 27 heavy (non-hydrogen) atoms. The lowest BCUT2D eigenvalue weighted by molar-refractivity contribution is 0.0601. The number of anilines is 1. The average Bonchev–Trinajstić information content (AvgIpc) is 3.11. The molecule has 0 unspecified atom stereocenters. The second-order valence-electron chi connectivity index (χ2n) is 6.72. The van der Waals surface area contributed by atoms with Crippen molar-refractivity contribution in [1.82, 2.24) is 4.98 Å². The van der Waals surface area contributed by atoms with Crippen molar-refractivity contribution in [3.8, 4) is 0 Å². The molecule has 0 atom stereocenters. The maximum Gasteiger partial charge on any atom is 0.337 e. The zero-order valence-corrected chi connectivity index (χ0v) is 16.4. The van der Waals surface area contributed by atoms with Gasteiger partial charge in [-0.05, 0) is 49.1 Å². The molecule has 5 heteroatoms. The summed E-state index contributed by atoms with van der Waals surface area (Å²) in [5.74, 6) is -0.310. The molecule has 0 radical (unpaired) electrons. The number of rotatable bonds is 4. The Labute approximate surface area is 165 Å². The maximum atomic E-state index is 12.0. The summed E-state index contributed by atoms with van der Waals surface area (Å²) in [6, 6.07) is 16.2. The summed E-state index contributed by atoms with van der Waals surface area (Å²) in [4.78, 5) is 19.1. The highest BCUT2D eigenvalue weighted by atomic mass is 35.5. The van der Waals surface area contributed by atoms with Crippen molar-refractivity contribution in [3.63, 3.8) is 0 Å². The van der Waals surface area contributed by atoms with Crippen LogP contribution in [0.3, 0.4) is 0 Å². The number of fused-ring (bicyclic) bond motifs is 3. The lowest BCUT2D eigenvalue weighted by Gasteiger charge is -2.21. The van der Waals surface area contributed by atoms with Crippen molar-refractivity contribution in [3.05, 3.63) is 70.9 Å². The van der Waals surface area contributed by atoms with Gasteiger partial charge in [-0.25, -0.2) is 4.79 Å². The van der Waals surface area contributed by atoms with E-state index in [1.165, 1.54) is 23.9 Å². The van der Waals surface area contributed by atoms with Crippen LogP contribution in [0.15, 0.2) is 48.5 Å². The van der Waals surface area contributed by atoms with Crippen LogP contribution in [0.1, 0.15) is 27.2 Å². The lowest BCUT2D eigenvalue weighted by atomic mass is 10.0. The molecule has 0 aliphatic carbocycles. The van der Waals surface area contributed by atoms with Crippen molar-refractivity contribution >= 4 is 35.0 Å². The van der Waals surface area contributed by atoms with Gasteiger partial charge in [0.2, 0.25) is 0 Å². The third-order valence-electron chi connectivity index (χ3n) is 5.14. The number of carbonyl (C=O) groups excluding carboxylic acids is 1. The summed E-state index contributed by atoms with van der Waals surface area (Å²) >= 11 is 0. The third kappa shape index (κ3) is 3.62. The summed E-state index contributed by atoms with van der Waals surface area (Å²) in [6.07, 6.45) is 2.00. The number of hydrogen-bond acceptors (Lipinski definition) is 4. The molecule has 140 valence electrons. The highest BCUT2D eigenvalue weighted by Gasteiger charge is 2.25. The Morgan fingerprint density at radius 3 is 2.70 bits per heavy atom. The highest BCUT2D eigenvalue weighted by molar-refractivity contribution is 6.00. The molecule has 3 aromatic rings. The molecular weight excluding hydrogens is 360 g/mol. The van der Waals surface area contributed by atoms with Crippen LogP contribution in [0, 0.1) is 6.92 Å². The first-order valence-corrected chi connectivity index (χ1v) is 8.98. The number of aromatic nitrogens is 1. The number of hydrogen-bond donors (Lipinski definition) is 0. The Morgan fingerprint density at radius 2 is 1.96 bits per heavy atom. The van der Waals surface area contributed by atoms with E-state index >= 15 is 0 Å². The van der Waals surface area contributed by atoms with Gasteiger partial charge in [0.1, 0.15) is 0 Å². The van der Waals surface area contributed by atoms with Gasteiger partial charge in [-0.2, -0.15) is 0 Å². The largest absolute Gasteiger partial charge is 0.465 e. The molecule has 0 bridgehead atoms. The molecular formula is C22H23ClN2O2. The predicted molar refractivity (Wildman–Crippen MR) is 111 cm³/mol. The standard InChI is InChI=1S/C22H22N2O2.ClH/c1-15-18-11-13-24(12-10-16-6-4-3-5-7-16)21(18)19-14-17(22(25)26-2)8-9-20(19)23-15;/h3-9,14H,10-13H2,1-2H3;1H. The molecule has 0 spiro atoms. The second-order valence-corrected chi connectivity index (χ2v) is 6.72. The summed E-state index contributed by atoms with van der Waals surface area (Å²) < 4.78 is 4.89. The van der Waals surface area contributed by atoms with E-state index < -0.39 is 0 Å². The van der Waals surface area contributed by atoms with Crippen molar-refractivity contribution in [1.29, 1.82) is 0 Å². The Morgan fingerprint density at radius 1 is 1.19 bits per heavy atom. The van der Waals surface area contributed by atoms with Crippen molar-refractivity contribution in [2.24, 2.45) is 0 Å². The van der Waals surface area contributed by atoms with Crippen LogP contribution in [0.5, 0.6) is 0 Å². The topological polar surface area (TPSA) is 42.4 Å². The fraction of sp³-hybridized carbons (Fsp3) is 0.273. The van der Waals surface area contributed by atoms with Gasteiger partial charge in [0, 0.05) is 24.2 Å². The normalized spacial score (nSPS) is 12.6. The minimum Gasteiger partial charge on any atom is -0.465 e.